The molecule has 3 nitrogen and oxygen atoms in total. The first-order chi connectivity index (χ1) is 13.7. The minimum Gasteiger partial charge on any atom is -0.239 e. The summed E-state index contributed by atoms with van der Waals surface area (Å²) in [7, 11) is 0. The molecule has 0 N–H and O–H groups in total. The predicted octanol–water partition coefficient (Wildman–Crippen LogP) is 5.76. The molecule has 0 amide bonds. The molecule has 0 unspecified atom stereocenters. The van der Waals surface area contributed by atoms with Crippen LogP contribution in [0, 0.1) is 17.8 Å². The number of aromatic nitrogens is 2. The number of unbranched alkanes of at least 4 members (excludes halogenated alkanes) is 1. The van der Waals surface area contributed by atoms with Crippen LogP contribution in [0.2, 0.25) is 0 Å². The molecule has 0 spiro atoms. The molecule has 0 aliphatic heterocycles. The smallest absolute Gasteiger partial charge is 0.239 e. The summed E-state index contributed by atoms with van der Waals surface area (Å²) in [6, 6.07) is 16.5. The molecule has 1 heterocycles. The first-order valence-corrected chi connectivity index (χ1v) is 9.42. The van der Waals surface area contributed by atoms with Crippen LogP contribution >= 0.6 is 12.2 Å². The predicted molar refractivity (Wildman–Crippen MR) is 113 cm³/mol. The lowest BCUT2D eigenvalue weighted by molar-refractivity contribution is 0.573. The maximum Gasteiger partial charge on any atom is 0.249 e. The number of rotatable bonds is 5. The molecule has 2 aromatic carbocycles. The van der Waals surface area contributed by atoms with Gasteiger partial charge in [-0.15, -0.1) is 0 Å². The van der Waals surface area contributed by atoms with Crippen LogP contribution in [-0.2, 0) is 6.42 Å². The number of nitrogens with zero attached hydrogens (tertiary/aromatic N) is 3. The third-order valence-electron chi connectivity index (χ3n) is 4.19. The highest BCUT2D eigenvalue weighted by molar-refractivity contribution is 7.78. The van der Waals surface area contributed by atoms with E-state index in [0.717, 1.165) is 23.1 Å². The Morgan fingerprint density at radius 3 is 2.29 bits per heavy atom. The van der Waals surface area contributed by atoms with Crippen LogP contribution in [-0.4, -0.2) is 15.1 Å². The summed E-state index contributed by atoms with van der Waals surface area (Å²) in [5, 5.41) is 2.12. The quantitative estimate of drug-likeness (QED) is 0.317. The fourth-order valence-electron chi connectivity index (χ4n) is 2.66. The maximum atomic E-state index is 13.9. The van der Waals surface area contributed by atoms with Gasteiger partial charge in [0, 0.05) is 5.56 Å². The van der Waals surface area contributed by atoms with Crippen LogP contribution in [0.3, 0.4) is 0 Å². The van der Waals surface area contributed by atoms with E-state index in [0.29, 0.717) is 0 Å². The standard InChI is InChI=1S/C23H18FN3S/c1-2-3-4-17-5-10-19(11-6-17)20-12-7-18(8-13-20)9-14-21-23(24)27-22(15-25-21)26-16-28/h5-8,10-13,15H,2-4H2,1H3. The molecule has 0 atom stereocenters. The molecule has 0 aliphatic carbocycles. The van der Waals surface area contributed by atoms with Gasteiger partial charge in [0.15, 0.2) is 11.5 Å². The number of hydrogen-bond acceptors (Lipinski definition) is 4. The molecule has 0 aliphatic rings. The third kappa shape index (κ3) is 5.17. The van der Waals surface area contributed by atoms with Crippen LogP contribution in [0.25, 0.3) is 11.1 Å². The van der Waals surface area contributed by atoms with Crippen LogP contribution in [0.15, 0.2) is 59.7 Å². The molecule has 1 aromatic heterocycles. The molecule has 0 fully saturated rings. The highest BCUT2D eigenvalue weighted by Gasteiger charge is 2.04. The third-order valence-corrected chi connectivity index (χ3v) is 4.29. The summed E-state index contributed by atoms with van der Waals surface area (Å²) in [6.07, 6.45) is 4.83. The number of halogens is 1. The average Bonchev–Trinajstić information content (AvgIpc) is 2.73. The summed E-state index contributed by atoms with van der Waals surface area (Å²) in [4.78, 5) is 11.1. The van der Waals surface area contributed by atoms with E-state index in [1.165, 1.54) is 24.6 Å². The lowest BCUT2D eigenvalue weighted by atomic mass is 10.0. The van der Waals surface area contributed by atoms with Gasteiger partial charge >= 0.3 is 0 Å². The van der Waals surface area contributed by atoms with Crippen molar-refractivity contribution in [1.82, 2.24) is 9.97 Å². The molecule has 5 heteroatoms. The number of aliphatic imine (C=N–C) groups is 1. The Balaban J connectivity index is 1.73. The van der Waals surface area contributed by atoms with Crippen molar-refractivity contribution in [3.05, 3.63) is 77.5 Å². The Kier molecular flexibility index (Phi) is 6.75. The fraction of sp³-hybridized carbons (Fsp3) is 0.174. The molecular weight excluding hydrogens is 369 g/mol. The van der Waals surface area contributed by atoms with Gasteiger partial charge in [-0.25, -0.2) is 4.98 Å². The first-order valence-electron chi connectivity index (χ1n) is 9.01. The van der Waals surface area contributed by atoms with Crippen molar-refractivity contribution >= 4 is 23.2 Å². The van der Waals surface area contributed by atoms with Crippen LogP contribution in [0.4, 0.5) is 10.2 Å². The number of aryl methyl sites for hydroxylation is 1. The summed E-state index contributed by atoms with van der Waals surface area (Å²) in [6.45, 7) is 2.20. The van der Waals surface area contributed by atoms with Crippen LogP contribution in [0.1, 0.15) is 36.6 Å². The zero-order valence-electron chi connectivity index (χ0n) is 15.4. The molecule has 0 bridgehead atoms. The Morgan fingerprint density at radius 2 is 1.68 bits per heavy atom. The number of isothiocyanates is 1. The zero-order chi connectivity index (χ0) is 19.8. The van der Waals surface area contributed by atoms with Crippen molar-refractivity contribution in [2.75, 3.05) is 0 Å². The second-order valence-corrected chi connectivity index (χ2v) is 6.38. The molecule has 0 saturated carbocycles. The van der Waals surface area contributed by atoms with Gasteiger partial charge in [0.1, 0.15) is 0 Å². The normalized spacial score (nSPS) is 9.93. The molecule has 0 radical (unpaired) electrons. The van der Waals surface area contributed by atoms with Crippen molar-refractivity contribution in [1.29, 1.82) is 0 Å². The summed E-state index contributed by atoms with van der Waals surface area (Å²) in [5.74, 6) is 4.90. The Labute approximate surface area is 169 Å². The van der Waals surface area contributed by atoms with Crippen LogP contribution < -0.4 is 0 Å². The van der Waals surface area contributed by atoms with E-state index in [1.807, 2.05) is 24.3 Å². The van der Waals surface area contributed by atoms with E-state index in [9.17, 15) is 4.39 Å². The molecule has 138 valence electrons. The van der Waals surface area contributed by atoms with E-state index in [4.69, 9.17) is 0 Å². The summed E-state index contributed by atoms with van der Waals surface area (Å²) in [5.41, 5.74) is 4.37. The zero-order valence-corrected chi connectivity index (χ0v) is 16.3. The number of hydrogen-bond donors (Lipinski definition) is 0. The van der Waals surface area contributed by atoms with Gasteiger partial charge in [0.2, 0.25) is 5.95 Å². The first kappa shape index (κ1) is 19.6. The Morgan fingerprint density at radius 1 is 1.00 bits per heavy atom. The largest absolute Gasteiger partial charge is 0.249 e. The second kappa shape index (κ2) is 9.66. The Bertz CT molecular complexity index is 1060. The van der Waals surface area contributed by atoms with E-state index in [1.54, 1.807) is 0 Å². The second-order valence-electron chi connectivity index (χ2n) is 6.20. The highest BCUT2D eigenvalue weighted by atomic mass is 32.1. The van der Waals surface area contributed by atoms with Gasteiger partial charge in [0.05, 0.1) is 11.4 Å². The van der Waals surface area contributed by atoms with Crippen molar-refractivity contribution in [3.8, 4) is 23.0 Å². The van der Waals surface area contributed by atoms with E-state index < -0.39 is 5.95 Å². The monoisotopic (exact) mass is 387 g/mol. The van der Waals surface area contributed by atoms with Gasteiger partial charge in [-0.1, -0.05) is 55.7 Å². The SMILES string of the molecule is CCCCc1ccc(-c2ccc(C#Cc3ncc(N=C=S)nc3F)cc2)cc1. The summed E-state index contributed by atoms with van der Waals surface area (Å²) >= 11 is 4.46. The van der Waals surface area contributed by atoms with Gasteiger partial charge < -0.3 is 0 Å². The summed E-state index contributed by atoms with van der Waals surface area (Å²) < 4.78 is 13.9. The topological polar surface area (TPSA) is 38.1 Å². The molecular formula is C23H18FN3S. The van der Waals surface area contributed by atoms with E-state index >= 15 is 0 Å². The molecule has 28 heavy (non-hydrogen) atoms. The number of thiocarbonyl (C=S) groups is 1. The Hall–Kier alpha value is -3.19. The average molecular weight is 387 g/mol. The molecule has 3 aromatic rings. The molecule has 3 rings (SSSR count). The lowest BCUT2D eigenvalue weighted by Gasteiger charge is -2.04. The fourth-order valence-corrected chi connectivity index (χ4v) is 2.76. The van der Waals surface area contributed by atoms with Gasteiger partial charge in [-0.3, -0.25) is 0 Å². The van der Waals surface area contributed by atoms with E-state index in [-0.39, 0.29) is 11.5 Å². The molecule has 0 saturated heterocycles. The van der Waals surface area contributed by atoms with Crippen molar-refractivity contribution in [2.24, 2.45) is 4.99 Å². The van der Waals surface area contributed by atoms with Crippen LogP contribution in [0.5, 0.6) is 0 Å². The van der Waals surface area contributed by atoms with Gasteiger partial charge in [0.25, 0.3) is 0 Å². The lowest BCUT2D eigenvalue weighted by Crippen LogP contribution is -1.93. The van der Waals surface area contributed by atoms with Crippen molar-refractivity contribution in [3.63, 3.8) is 0 Å². The van der Waals surface area contributed by atoms with Gasteiger partial charge in [-0.2, -0.15) is 14.4 Å². The van der Waals surface area contributed by atoms with Gasteiger partial charge in [-0.05, 0) is 59.8 Å². The minimum atomic E-state index is -0.779. The highest BCUT2D eigenvalue weighted by Crippen LogP contribution is 2.21. The number of benzene rings is 2. The maximum absolute atomic E-state index is 13.9. The minimum absolute atomic E-state index is 0.0323. The van der Waals surface area contributed by atoms with Crippen molar-refractivity contribution < 1.29 is 4.39 Å². The van der Waals surface area contributed by atoms with E-state index in [2.05, 4.69) is 75.4 Å². The van der Waals surface area contributed by atoms with Crippen molar-refractivity contribution in [2.45, 2.75) is 26.2 Å².